The van der Waals surface area contributed by atoms with Gasteiger partial charge in [0.1, 0.15) is 5.69 Å². The molecule has 0 spiro atoms. The van der Waals surface area contributed by atoms with E-state index in [1.54, 1.807) is 12.3 Å². The van der Waals surface area contributed by atoms with Crippen LogP contribution in [0.5, 0.6) is 0 Å². The molecule has 2 aromatic carbocycles. The summed E-state index contributed by atoms with van der Waals surface area (Å²) < 4.78 is 0. The average molecular weight is 347 g/mol. The number of nitrogens with zero attached hydrogens (tertiary/aromatic N) is 1. The fourth-order valence-corrected chi connectivity index (χ4v) is 3.55. The van der Waals surface area contributed by atoms with Gasteiger partial charge in [-0.25, -0.2) is 0 Å². The van der Waals surface area contributed by atoms with E-state index >= 15 is 0 Å². The van der Waals surface area contributed by atoms with Crippen LogP contribution in [0.2, 0.25) is 0 Å². The summed E-state index contributed by atoms with van der Waals surface area (Å²) in [6.45, 7) is 3.03. The molecule has 5 heteroatoms. The minimum absolute atomic E-state index is 0.0749. The molecule has 1 atom stereocenters. The van der Waals surface area contributed by atoms with Crippen LogP contribution in [0.25, 0.3) is 10.8 Å². The molecule has 0 unspecified atom stereocenters. The highest BCUT2D eigenvalue weighted by molar-refractivity contribution is 5.93. The van der Waals surface area contributed by atoms with Crippen LogP contribution in [0.4, 0.5) is 0 Å². The number of hydrogen-bond acceptors (Lipinski definition) is 2. The first-order valence-corrected chi connectivity index (χ1v) is 8.80. The van der Waals surface area contributed by atoms with Crippen molar-refractivity contribution in [1.29, 1.82) is 0 Å². The van der Waals surface area contributed by atoms with Gasteiger partial charge in [0, 0.05) is 25.7 Å². The number of aryl methyl sites for hydroxylation is 1. The maximum atomic E-state index is 12.4. The summed E-state index contributed by atoms with van der Waals surface area (Å²) in [5.41, 5.74) is 2.67. The molecule has 0 bridgehead atoms. The molecule has 1 aliphatic rings. The molecule has 5 nitrogen and oxygen atoms in total. The molecule has 0 aliphatic carbocycles. The van der Waals surface area contributed by atoms with Gasteiger partial charge in [-0.2, -0.15) is 0 Å². The molecule has 2 N–H and O–H groups in total. The first kappa shape index (κ1) is 16.4. The van der Waals surface area contributed by atoms with Crippen molar-refractivity contribution in [2.45, 2.75) is 25.9 Å². The number of amides is 2. The summed E-state index contributed by atoms with van der Waals surface area (Å²) in [6, 6.07) is 16.0. The monoisotopic (exact) mass is 347 g/mol. The molecule has 1 saturated heterocycles. The number of nitrogens with one attached hydrogen (secondary N) is 2. The quantitative estimate of drug-likeness (QED) is 0.762. The van der Waals surface area contributed by atoms with Crippen molar-refractivity contribution in [3.63, 3.8) is 0 Å². The molecule has 26 heavy (non-hydrogen) atoms. The van der Waals surface area contributed by atoms with Gasteiger partial charge in [-0.15, -0.1) is 0 Å². The molecular weight excluding hydrogens is 326 g/mol. The van der Waals surface area contributed by atoms with E-state index in [-0.39, 0.29) is 17.9 Å². The number of fused-ring (bicyclic) bond motifs is 1. The predicted octanol–water partition coefficient (Wildman–Crippen LogP) is 3.01. The Bertz CT molecular complexity index is 971. The molecular formula is C21H21N3O2. The van der Waals surface area contributed by atoms with E-state index in [0.717, 1.165) is 16.5 Å². The van der Waals surface area contributed by atoms with E-state index in [9.17, 15) is 9.59 Å². The molecule has 3 aromatic rings. The molecule has 2 heterocycles. The fourth-order valence-electron chi connectivity index (χ4n) is 3.55. The van der Waals surface area contributed by atoms with E-state index in [4.69, 9.17) is 0 Å². The highest BCUT2D eigenvalue weighted by atomic mass is 16.2. The number of benzene rings is 2. The lowest BCUT2D eigenvalue weighted by molar-refractivity contribution is -0.128. The summed E-state index contributed by atoms with van der Waals surface area (Å²) in [5.74, 6) is -0.0891. The van der Waals surface area contributed by atoms with E-state index in [2.05, 4.69) is 34.6 Å². The highest BCUT2D eigenvalue weighted by Crippen LogP contribution is 2.22. The van der Waals surface area contributed by atoms with Crippen molar-refractivity contribution in [3.05, 3.63) is 71.5 Å². The molecule has 4 rings (SSSR count). The van der Waals surface area contributed by atoms with Crippen molar-refractivity contribution in [3.8, 4) is 0 Å². The third-order valence-electron chi connectivity index (χ3n) is 4.86. The van der Waals surface area contributed by atoms with Crippen molar-refractivity contribution in [1.82, 2.24) is 15.2 Å². The highest BCUT2D eigenvalue weighted by Gasteiger charge is 2.31. The number of rotatable bonds is 4. The van der Waals surface area contributed by atoms with Crippen molar-refractivity contribution in [2.24, 2.45) is 0 Å². The zero-order chi connectivity index (χ0) is 18.1. The Morgan fingerprint density at radius 1 is 1.23 bits per heavy atom. The zero-order valence-corrected chi connectivity index (χ0v) is 14.7. The fraction of sp³-hybridized carbons (Fsp3) is 0.238. The number of likely N-dealkylation sites (tertiary alicyclic amines) is 1. The zero-order valence-electron chi connectivity index (χ0n) is 14.7. The lowest BCUT2D eigenvalue weighted by atomic mass is 10.0. The number of hydrogen-bond donors (Lipinski definition) is 2. The number of H-pyrrole nitrogens is 1. The van der Waals surface area contributed by atoms with Crippen LogP contribution in [-0.4, -0.2) is 34.3 Å². The minimum atomic E-state index is -0.164. The van der Waals surface area contributed by atoms with Crippen LogP contribution < -0.4 is 5.32 Å². The Morgan fingerprint density at radius 2 is 2.04 bits per heavy atom. The third kappa shape index (κ3) is 3.20. The van der Waals surface area contributed by atoms with Crippen LogP contribution in [0, 0.1) is 6.92 Å². The maximum absolute atomic E-state index is 12.4. The van der Waals surface area contributed by atoms with E-state index < -0.39 is 0 Å². The van der Waals surface area contributed by atoms with Crippen LogP contribution in [0.3, 0.4) is 0 Å². The van der Waals surface area contributed by atoms with Gasteiger partial charge in [0.05, 0.1) is 6.04 Å². The van der Waals surface area contributed by atoms with Gasteiger partial charge in [0.25, 0.3) is 5.91 Å². The Labute approximate surface area is 152 Å². The Balaban J connectivity index is 1.45. The van der Waals surface area contributed by atoms with Crippen LogP contribution in [0.15, 0.2) is 54.7 Å². The van der Waals surface area contributed by atoms with E-state index in [0.29, 0.717) is 25.2 Å². The van der Waals surface area contributed by atoms with Gasteiger partial charge in [-0.05, 0) is 34.9 Å². The first-order chi connectivity index (χ1) is 12.6. The largest absolute Gasteiger partial charge is 0.357 e. The summed E-state index contributed by atoms with van der Waals surface area (Å²) in [4.78, 5) is 29.5. The van der Waals surface area contributed by atoms with Gasteiger partial charge in [-0.3, -0.25) is 9.59 Å². The number of aromatic amines is 1. The lowest BCUT2D eigenvalue weighted by Crippen LogP contribution is -2.37. The second-order valence-electron chi connectivity index (χ2n) is 6.88. The molecule has 1 aliphatic heterocycles. The Kier molecular flexibility index (Phi) is 4.21. The van der Waals surface area contributed by atoms with Gasteiger partial charge >= 0.3 is 0 Å². The van der Waals surface area contributed by atoms with Crippen LogP contribution in [0.1, 0.15) is 28.0 Å². The van der Waals surface area contributed by atoms with Gasteiger partial charge < -0.3 is 15.2 Å². The van der Waals surface area contributed by atoms with E-state index in [1.807, 2.05) is 30.0 Å². The summed E-state index contributed by atoms with van der Waals surface area (Å²) in [6.07, 6.45) is 2.14. The summed E-state index contributed by atoms with van der Waals surface area (Å²) >= 11 is 0. The predicted molar refractivity (Wildman–Crippen MR) is 101 cm³/mol. The number of aromatic nitrogens is 1. The Morgan fingerprint density at radius 3 is 2.85 bits per heavy atom. The van der Waals surface area contributed by atoms with Crippen LogP contribution >= 0.6 is 0 Å². The molecule has 0 radical (unpaired) electrons. The van der Waals surface area contributed by atoms with Crippen molar-refractivity contribution in [2.75, 3.05) is 6.54 Å². The van der Waals surface area contributed by atoms with Crippen molar-refractivity contribution >= 4 is 22.6 Å². The summed E-state index contributed by atoms with van der Waals surface area (Å²) in [7, 11) is 0. The smallest absolute Gasteiger partial charge is 0.267 e. The third-order valence-corrected chi connectivity index (χ3v) is 4.86. The molecule has 132 valence electrons. The van der Waals surface area contributed by atoms with Gasteiger partial charge in [0.2, 0.25) is 5.91 Å². The standard InChI is InChI=1S/C21H21N3O2/c1-14-9-19(22-11-14)21(26)23-17-10-20(25)24(13-17)12-16-7-4-6-15-5-2-3-8-18(15)16/h2-9,11,17,22H,10,12-13H2,1H3,(H,23,26)/t17-/m0/s1. The number of carbonyl (C=O) groups excluding carboxylic acids is 2. The SMILES string of the molecule is Cc1c[nH]c(C(=O)N[C@H]2CC(=O)N(Cc3cccc4ccccc34)C2)c1. The van der Waals surface area contributed by atoms with E-state index in [1.165, 1.54) is 5.39 Å². The molecule has 0 saturated carbocycles. The number of carbonyl (C=O) groups is 2. The lowest BCUT2D eigenvalue weighted by Gasteiger charge is -2.18. The normalized spacial score (nSPS) is 17.0. The molecule has 1 fully saturated rings. The second kappa shape index (κ2) is 6.67. The van der Waals surface area contributed by atoms with Gasteiger partial charge in [0.15, 0.2) is 0 Å². The van der Waals surface area contributed by atoms with Crippen LogP contribution in [-0.2, 0) is 11.3 Å². The molecule has 1 aromatic heterocycles. The first-order valence-electron chi connectivity index (χ1n) is 8.80. The average Bonchev–Trinajstić information content (AvgIpc) is 3.21. The topological polar surface area (TPSA) is 65.2 Å². The summed E-state index contributed by atoms with van der Waals surface area (Å²) in [5, 5.41) is 5.29. The minimum Gasteiger partial charge on any atom is -0.357 e. The maximum Gasteiger partial charge on any atom is 0.267 e. The second-order valence-corrected chi connectivity index (χ2v) is 6.88. The Hall–Kier alpha value is -3.08. The molecule has 2 amide bonds. The van der Waals surface area contributed by atoms with Crippen molar-refractivity contribution < 1.29 is 9.59 Å². The van der Waals surface area contributed by atoms with Gasteiger partial charge in [-0.1, -0.05) is 42.5 Å².